The molecule has 0 aromatic heterocycles. The monoisotopic (exact) mass is 657 g/mol. The molecule has 3 atom stereocenters. The Morgan fingerprint density at radius 1 is 1.07 bits per heavy atom. The normalized spacial score (nSPS) is 21.5. The molecule has 0 bridgehead atoms. The zero-order chi connectivity index (χ0) is 31.1. The van der Waals surface area contributed by atoms with Gasteiger partial charge in [0.15, 0.2) is 0 Å². The third-order valence-corrected chi connectivity index (χ3v) is 9.61. The lowest BCUT2D eigenvalue weighted by Crippen LogP contribution is -2.47. The molecule has 42 heavy (non-hydrogen) atoms. The van der Waals surface area contributed by atoms with Gasteiger partial charge in [-0.3, -0.25) is 9.53 Å². The Morgan fingerprint density at radius 2 is 1.74 bits per heavy atom. The van der Waals surface area contributed by atoms with E-state index in [1.54, 1.807) is 30.3 Å². The minimum Gasteiger partial charge on any atom is -0.492 e. The van der Waals surface area contributed by atoms with E-state index in [9.17, 15) is 30.9 Å². The molecule has 2 aliphatic heterocycles. The molecule has 8 nitrogen and oxygen atoms in total. The van der Waals surface area contributed by atoms with Crippen LogP contribution in [0.25, 0.3) is 5.57 Å². The van der Waals surface area contributed by atoms with Crippen LogP contribution >= 0.6 is 31.3 Å². The van der Waals surface area contributed by atoms with Gasteiger partial charge in [0.25, 0.3) is 0 Å². The van der Waals surface area contributed by atoms with Crippen molar-refractivity contribution >= 4 is 42.0 Å². The number of benzene rings is 2. The number of allylic oxidation sites excluding steroid dienone is 2. The van der Waals surface area contributed by atoms with E-state index >= 15 is 0 Å². The van der Waals surface area contributed by atoms with Gasteiger partial charge >= 0.3 is 20.2 Å². The average molecular weight is 658 g/mol. The van der Waals surface area contributed by atoms with Crippen LogP contribution < -0.4 is 10.5 Å². The quantitative estimate of drug-likeness (QED) is 0.209. The number of nitrogens with two attached hydrogens (primary N) is 1. The van der Waals surface area contributed by atoms with E-state index in [0.29, 0.717) is 17.3 Å². The molecule has 230 valence electrons. The van der Waals surface area contributed by atoms with Gasteiger partial charge in [-0.1, -0.05) is 48.2 Å². The molecule has 0 spiro atoms. The third kappa shape index (κ3) is 7.84. The van der Waals surface area contributed by atoms with E-state index in [-0.39, 0.29) is 29.2 Å². The SMILES string of the molecule is CN1N=C([C@@](C)(N)COP(=O)(O)O)SC1c1ccc(OCC2CC(c3ccccc3)=C(C(F)(F)F)S2)c(C(F)(F)F)c1. The lowest BCUT2D eigenvalue weighted by atomic mass is 10.0. The van der Waals surface area contributed by atoms with E-state index in [1.165, 1.54) is 25.0 Å². The van der Waals surface area contributed by atoms with Crippen LogP contribution in [-0.2, 0) is 15.3 Å². The van der Waals surface area contributed by atoms with Gasteiger partial charge in [0, 0.05) is 12.3 Å². The zero-order valence-electron chi connectivity index (χ0n) is 22.0. The van der Waals surface area contributed by atoms with Crippen molar-refractivity contribution in [3.63, 3.8) is 0 Å². The van der Waals surface area contributed by atoms with Gasteiger partial charge in [-0.25, -0.2) is 4.57 Å². The maximum atomic E-state index is 14.1. The first-order chi connectivity index (χ1) is 19.3. The third-order valence-electron chi connectivity index (χ3n) is 6.22. The fraction of sp³-hybridized carbons (Fsp3) is 0.400. The summed E-state index contributed by atoms with van der Waals surface area (Å²) in [5.74, 6) is -0.529. The minimum atomic E-state index is -4.84. The first-order valence-corrected chi connectivity index (χ1v) is 15.5. The summed E-state index contributed by atoms with van der Waals surface area (Å²) in [4.78, 5) is 17.2. The van der Waals surface area contributed by atoms with E-state index in [2.05, 4.69) is 9.63 Å². The van der Waals surface area contributed by atoms with Gasteiger partial charge in [0.1, 0.15) is 22.8 Å². The predicted molar refractivity (Wildman–Crippen MR) is 148 cm³/mol. The number of phosphoric ester groups is 1. The second kappa shape index (κ2) is 12.1. The van der Waals surface area contributed by atoms with Crippen molar-refractivity contribution in [1.82, 2.24) is 5.01 Å². The number of hydrogen-bond acceptors (Lipinski definition) is 8. The molecule has 0 aliphatic carbocycles. The van der Waals surface area contributed by atoms with Crippen molar-refractivity contribution in [1.29, 1.82) is 0 Å². The Morgan fingerprint density at radius 3 is 2.33 bits per heavy atom. The Bertz CT molecular complexity index is 1420. The van der Waals surface area contributed by atoms with Crippen LogP contribution in [-0.4, -0.2) is 57.1 Å². The van der Waals surface area contributed by atoms with Crippen LogP contribution in [0.1, 0.15) is 35.4 Å². The Balaban J connectivity index is 1.50. The average Bonchev–Trinajstić information content (AvgIpc) is 3.50. The molecule has 0 saturated carbocycles. The number of phosphoric acid groups is 1. The van der Waals surface area contributed by atoms with E-state index in [1.807, 2.05) is 0 Å². The van der Waals surface area contributed by atoms with Crippen LogP contribution in [0.2, 0.25) is 0 Å². The highest BCUT2D eigenvalue weighted by Crippen LogP contribution is 2.51. The number of rotatable bonds is 9. The molecular formula is C25H26F6N3O5PS2. The summed E-state index contributed by atoms with van der Waals surface area (Å²) in [6.45, 7) is 0.422. The second-order valence-corrected chi connectivity index (χ2v) is 13.4. The van der Waals surface area contributed by atoms with E-state index in [4.69, 9.17) is 20.3 Å². The number of nitrogens with zero attached hydrogens (tertiary/aromatic N) is 2. The Hall–Kier alpha value is -2.20. The summed E-state index contributed by atoms with van der Waals surface area (Å²) in [6.07, 6.45) is -9.49. The maximum Gasteiger partial charge on any atom is 0.469 e. The Kier molecular flexibility index (Phi) is 9.39. The molecule has 4 rings (SSSR count). The summed E-state index contributed by atoms with van der Waals surface area (Å²) in [5, 5.41) is 4.22. The number of hydrazone groups is 1. The first-order valence-electron chi connectivity index (χ1n) is 12.2. The number of ether oxygens (including phenoxy) is 1. The minimum absolute atomic E-state index is 0.0316. The molecule has 4 N–H and O–H groups in total. The molecular weight excluding hydrogens is 631 g/mol. The molecule has 2 aromatic carbocycles. The lowest BCUT2D eigenvalue weighted by Gasteiger charge is -2.24. The number of thioether (sulfide) groups is 2. The van der Waals surface area contributed by atoms with Crippen molar-refractivity contribution in [3.8, 4) is 5.75 Å². The number of halogens is 6. The van der Waals surface area contributed by atoms with Crippen molar-refractivity contribution in [2.75, 3.05) is 20.3 Å². The second-order valence-electron chi connectivity index (χ2n) is 9.81. The van der Waals surface area contributed by atoms with Crippen LogP contribution in [0.4, 0.5) is 26.3 Å². The van der Waals surface area contributed by atoms with Crippen molar-refractivity contribution in [2.45, 2.75) is 41.9 Å². The number of hydrogen-bond donors (Lipinski definition) is 3. The maximum absolute atomic E-state index is 14.1. The number of alkyl halides is 6. The molecule has 17 heteroatoms. The summed E-state index contributed by atoms with van der Waals surface area (Å²) in [7, 11) is -3.33. The molecule has 2 unspecified atom stereocenters. The summed E-state index contributed by atoms with van der Waals surface area (Å²) in [5.41, 5.74) is 4.19. The highest BCUT2D eigenvalue weighted by molar-refractivity contribution is 8.14. The molecule has 2 heterocycles. The van der Waals surface area contributed by atoms with E-state index < -0.39 is 59.2 Å². The van der Waals surface area contributed by atoms with Gasteiger partial charge in [-0.15, -0.1) is 11.8 Å². The molecule has 0 saturated heterocycles. The lowest BCUT2D eigenvalue weighted by molar-refractivity contribution is -0.139. The van der Waals surface area contributed by atoms with Gasteiger partial charge < -0.3 is 20.3 Å². The molecule has 0 fully saturated rings. The summed E-state index contributed by atoms with van der Waals surface area (Å²) in [6, 6.07) is 11.4. The van der Waals surface area contributed by atoms with Crippen LogP contribution in [0.5, 0.6) is 5.75 Å². The topological polar surface area (TPSA) is 118 Å². The Labute approximate surface area is 245 Å². The molecule has 0 amide bonds. The fourth-order valence-electron chi connectivity index (χ4n) is 4.26. The van der Waals surface area contributed by atoms with Gasteiger partial charge in [-0.05, 0) is 42.2 Å². The fourth-order valence-corrected chi connectivity index (χ4v) is 7.09. The van der Waals surface area contributed by atoms with Crippen molar-refractivity contribution < 1.29 is 50.0 Å². The molecule has 2 aromatic rings. The van der Waals surface area contributed by atoms with E-state index in [0.717, 1.165) is 23.9 Å². The van der Waals surface area contributed by atoms with Crippen LogP contribution in [0, 0.1) is 0 Å². The highest BCUT2D eigenvalue weighted by Gasteiger charge is 2.44. The molecule has 2 aliphatic rings. The van der Waals surface area contributed by atoms with Crippen molar-refractivity contribution in [2.24, 2.45) is 10.8 Å². The standard InChI is InChI=1S/C25H26F6N3O5PS2/c1-23(32,13-39-40(35,36)37)22-33-34(2)21(42-22)15-8-9-19(18(10-15)24(26,27)28)38-12-16-11-17(14-6-4-3-5-7-14)20(41-16)25(29,30)31/h3-10,16,21H,11-13,32H2,1-2H3,(H2,35,36,37)/t16?,21?,23-/m0/s1. The highest BCUT2D eigenvalue weighted by atomic mass is 32.2. The smallest absolute Gasteiger partial charge is 0.469 e. The van der Waals surface area contributed by atoms with Crippen LogP contribution in [0.15, 0.2) is 58.5 Å². The van der Waals surface area contributed by atoms with Gasteiger partial charge in [-0.2, -0.15) is 31.4 Å². The predicted octanol–water partition coefficient (Wildman–Crippen LogP) is 6.38. The summed E-state index contributed by atoms with van der Waals surface area (Å²) < 4.78 is 105. The summed E-state index contributed by atoms with van der Waals surface area (Å²) >= 11 is 1.52. The first kappa shape index (κ1) is 32.7. The van der Waals surface area contributed by atoms with Crippen molar-refractivity contribution in [3.05, 3.63) is 70.1 Å². The van der Waals surface area contributed by atoms with Gasteiger partial charge in [0.05, 0.1) is 22.6 Å². The zero-order valence-corrected chi connectivity index (χ0v) is 24.5. The van der Waals surface area contributed by atoms with Crippen LogP contribution in [0.3, 0.4) is 0 Å². The van der Waals surface area contributed by atoms with Gasteiger partial charge in [0.2, 0.25) is 0 Å². The molecule has 0 radical (unpaired) electrons. The largest absolute Gasteiger partial charge is 0.492 e.